The maximum atomic E-state index is 13.2. The monoisotopic (exact) mass is 496 g/mol. The molecule has 7 nitrogen and oxygen atoms in total. The first-order valence-electron chi connectivity index (χ1n) is 8.63. The molecule has 0 fully saturated rings. The van der Waals surface area contributed by atoms with Crippen LogP contribution in [0.5, 0.6) is 11.5 Å². The summed E-state index contributed by atoms with van der Waals surface area (Å²) in [5, 5.41) is 0.866. The lowest BCUT2D eigenvalue weighted by atomic mass is 10.2. The van der Waals surface area contributed by atoms with E-state index in [1.165, 1.54) is 30.5 Å². The van der Waals surface area contributed by atoms with Gasteiger partial charge in [0.1, 0.15) is 0 Å². The van der Waals surface area contributed by atoms with E-state index >= 15 is 0 Å². The molecule has 4 rings (SSSR count). The molecule has 0 aliphatic carbocycles. The summed E-state index contributed by atoms with van der Waals surface area (Å²) in [4.78, 5) is 18.0. The standard InChI is InChI=1S/C19H17BrN2O5S2/c1-26-16-7-14-15(8-17(16)27-2)21-19-22(18(14)23)12(9-28-19)10-29(24,25)13-5-3-11(20)4-6-13/h3-8,12H,9-10H2,1-2H3. The molecule has 1 atom stereocenters. The summed E-state index contributed by atoms with van der Waals surface area (Å²) in [5.41, 5.74) is 0.203. The normalized spacial score (nSPS) is 16.0. The molecule has 29 heavy (non-hydrogen) atoms. The van der Waals surface area contributed by atoms with Crippen LogP contribution in [-0.2, 0) is 9.84 Å². The van der Waals surface area contributed by atoms with E-state index in [1.54, 1.807) is 36.4 Å². The summed E-state index contributed by atoms with van der Waals surface area (Å²) >= 11 is 4.68. The highest BCUT2D eigenvalue weighted by molar-refractivity contribution is 9.10. The molecule has 1 unspecified atom stereocenters. The third-order valence-electron chi connectivity index (χ3n) is 4.73. The van der Waals surface area contributed by atoms with E-state index in [1.807, 2.05) is 0 Å². The van der Waals surface area contributed by atoms with E-state index in [0.29, 0.717) is 33.3 Å². The third kappa shape index (κ3) is 3.64. The number of rotatable bonds is 5. The lowest BCUT2D eigenvalue weighted by Gasteiger charge is -2.15. The second kappa shape index (κ2) is 7.66. The minimum absolute atomic E-state index is 0.172. The van der Waals surface area contributed by atoms with Crippen LogP contribution in [0.15, 0.2) is 55.7 Å². The minimum Gasteiger partial charge on any atom is -0.493 e. The molecule has 2 aromatic carbocycles. The average molecular weight is 497 g/mol. The molecule has 2 heterocycles. The Balaban J connectivity index is 1.77. The van der Waals surface area contributed by atoms with Gasteiger partial charge in [-0.15, -0.1) is 0 Å². The van der Waals surface area contributed by atoms with E-state index in [4.69, 9.17) is 9.47 Å². The van der Waals surface area contributed by atoms with Crippen LogP contribution in [0.25, 0.3) is 10.9 Å². The van der Waals surface area contributed by atoms with Crippen LogP contribution in [0.4, 0.5) is 0 Å². The van der Waals surface area contributed by atoms with Gasteiger partial charge < -0.3 is 9.47 Å². The highest BCUT2D eigenvalue weighted by atomic mass is 79.9. The van der Waals surface area contributed by atoms with Crippen molar-refractivity contribution < 1.29 is 17.9 Å². The predicted octanol–water partition coefficient (Wildman–Crippen LogP) is 3.30. The molecule has 0 radical (unpaired) electrons. The predicted molar refractivity (Wildman–Crippen MR) is 115 cm³/mol. The Bertz CT molecular complexity index is 1260. The average Bonchev–Trinajstić information content (AvgIpc) is 3.09. The van der Waals surface area contributed by atoms with Crippen molar-refractivity contribution in [2.75, 3.05) is 25.7 Å². The van der Waals surface area contributed by atoms with Gasteiger partial charge in [-0.25, -0.2) is 13.4 Å². The molecule has 3 aromatic rings. The van der Waals surface area contributed by atoms with Gasteiger partial charge in [-0.1, -0.05) is 27.7 Å². The van der Waals surface area contributed by atoms with E-state index in [0.717, 1.165) is 4.47 Å². The van der Waals surface area contributed by atoms with Gasteiger partial charge in [-0.05, 0) is 30.3 Å². The number of aromatic nitrogens is 2. The highest BCUT2D eigenvalue weighted by Crippen LogP contribution is 2.36. The molecule has 0 spiro atoms. The summed E-state index contributed by atoms with van der Waals surface area (Å²) in [6.45, 7) is 0. The minimum atomic E-state index is -3.56. The first kappa shape index (κ1) is 20.2. The first-order chi connectivity index (χ1) is 13.8. The summed E-state index contributed by atoms with van der Waals surface area (Å²) in [5.74, 6) is 1.19. The number of ether oxygens (including phenoxy) is 2. The molecule has 0 N–H and O–H groups in total. The fraction of sp³-hybridized carbons (Fsp3) is 0.263. The number of nitrogens with zero attached hydrogens (tertiary/aromatic N) is 2. The zero-order chi connectivity index (χ0) is 20.8. The zero-order valence-electron chi connectivity index (χ0n) is 15.6. The molecule has 0 saturated heterocycles. The van der Waals surface area contributed by atoms with E-state index in [-0.39, 0.29) is 16.2 Å². The van der Waals surface area contributed by atoms with Crippen LogP contribution < -0.4 is 15.0 Å². The van der Waals surface area contributed by atoms with Crippen molar-refractivity contribution in [2.45, 2.75) is 16.1 Å². The largest absolute Gasteiger partial charge is 0.493 e. The van der Waals surface area contributed by atoms with Crippen LogP contribution >= 0.6 is 27.7 Å². The molecule has 1 aromatic heterocycles. The van der Waals surface area contributed by atoms with Gasteiger partial charge in [0.2, 0.25) is 0 Å². The molecule has 1 aliphatic heterocycles. The number of hydrogen-bond acceptors (Lipinski definition) is 7. The Labute approximate surface area is 180 Å². The van der Waals surface area contributed by atoms with Crippen molar-refractivity contribution in [3.63, 3.8) is 0 Å². The summed E-state index contributed by atoms with van der Waals surface area (Å²) in [6.07, 6.45) is 0. The molecule has 10 heteroatoms. The number of sulfone groups is 1. The van der Waals surface area contributed by atoms with Gasteiger partial charge in [-0.3, -0.25) is 9.36 Å². The third-order valence-corrected chi connectivity index (χ3v) is 8.17. The fourth-order valence-corrected chi connectivity index (χ4v) is 6.36. The van der Waals surface area contributed by atoms with Crippen LogP contribution in [0.2, 0.25) is 0 Å². The van der Waals surface area contributed by atoms with Crippen molar-refractivity contribution in [1.82, 2.24) is 9.55 Å². The zero-order valence-corrected chi connectivity index (χ0v) is 18.8. The van der Waals surface area contributed by atoms with Gasteiger partial charge in [-0.2, -0.15) is 0 Å². The second-order valence-electron chi connectivity index (χ2n) is 6.49. The number of hydrogen-bond donors (Lipinski definition) is 0. The SMILES string of the molecule is COc1cc2nc3n(c(=O)c2cc1OC)C(CS(=O)(=O)c1ccc(Br)cc1)CS3. The quantitative estimate of drug-likeness (QED) is 0.500. The Morgan fingerprint density at radius 1 is 1.17 bits per heavy atom. The van der Waals surface area contributed by atoms with Crippen molar-refractivity contribution in [3.8, 4) is 11.5 Å². The molecule has 0 amide bonds. The van der Waals surface area contributed by atoms with Crippen molar-refractivity contribution in [1.29, 1.82) is 0 Å². The first-order valence-corrected chi connectivity index (χ1v) is 12.1. The Hall–Kier alpha value is -2.04. The molecular formula is C19H17BrN2O5S2. The van der Waals surface area contributed by atoms with Gasteiger partial charge in [0.05, 0.1) is 41.8 Å². The second-order valence-corrected chi connectivity index (χ2v) is 10.4. The van der Waals surface area contributed by atoms with E-state index < -0.39 is 15.9 Å². The molecule has 0 saturated carbocycles. The topological polar surface area (TPSA) is 87.5 Å². The van der Waals surface area contributed by atoms with E-state index in [2.05, 4.69) is 20.9 Å². The molecule has 152 valence electrons. The molecule has 1 aliphatic rings. The van der Waals surface area contributed by atoms with Gasteiger partial charge in [0.15, 0.2) is 26.5 Å². The van der Waals surface area contributed by atoms with Crippen molar-refractivity contribution in [3.05, 3.63) is 51.2 Å². The Kier molecular flexibility index (Phi) is 5.34. The molecular weight excluding hydrogens is 480 g/mol. The van der Waals surface area contributed by atoms with Crippen LogP contribution in [0.1, 0.15) is 6.04 Å². The number of benzene rings is 2. The van der Waals surface area contributed by atoms with Crippen molar-refractivity contribution in [2.24, 2.45) is 0 Å². The van der Waals surface area contributed by atoms with Crippen LogP contribution in [0.3, 0.4) is 0 Å². The molecule has 0 bridgehead atoms. The number of halogens is 1. The number of thioether (sulfide) groups is 1. The number of fused-ring (bicyclic) bond motifs is 2. The van der Waals surface area contributed by atoms with Crippen LogP contribution in [0, 0.1) is 0 Å². The van der Waals surface area contributed by atoms with E-state index in [9.17, 15) is 13.2 Å². The highest BCUT2D eigenvalue weighted by Gasteiger charge is 2.31. The lowest BCUT2D eigenvalue weighted by Crippen LogP contribution is -2.29. The number of methoxy groups -OCH3 is 2. The van der Waals surface area contributed by atoms with Crippen molar-refractivity contribution >= 4 is 48.4 Å². The van der Waals surface area contributed by atoms with Gasteiger partial charge in [0, 0.05) is 16.3 Å². The fourth-order valence-electron chi connectivity index (χ4n) is 3.29. The van der Waals surface area contributed by atoms with Gasteiger partial charge in [0.25, 0.3) is 5.56 Å². The lowest BCUT2D eigenvalue weighted by molar-refractivity contribution is 0.355. The maximum absolute atomic E-state index is 13.2. The summed E-state index contributed by atoms with van der Waals surface area (Å²) in [7, 11) is -0.556. The summed E-state index contributed by atoms with van der Waals surface area (Å²) < 4.78 is 38.6. The maximum Gasteiger partial charge on any atom is 0.262 e. The Morgan fingerprint density at radius 2 is 1.83 bits per heavy atom. The van der Waals surface area contributed by atoms with Gasteiger partial charge >= 0.3 is 0 Å². The summed E-state index contributed by atoms with van der Waals surface area (Å²) in [6, 6.07) is 9.22. The van der Waals surface area contributed by atoms with Crippen LogP contribution in [-0.4, -0.2) is 43.7 Å². The smallest absolute Gasteiger partial charge is 0.262 e. The Morgan fingerprint density at radius 3 is 2.48 bits per heavy atom.